The number of rotatable bonds is 4. The molecule has 5 heteroatoms. The average molecular weight is 265 g/mol. The topological polar surface area (TPSA) is 50.3 Å². The van der Waals surface area contributed by atoms with E-state index in [0.717, 1.165) is 43.1 Å². The molecule has 2 rings (SSSR count). The molecule has 0 radical (unpaired) electrons. The third-order valence-electron chi connectivity index (χ3n) is 4.19. The molecule has 1 saturated heterocycles. The van der Waals surface area contributed by atoms with Crippen molar-refractivity contribution in [2.24, 2.45) is 7.05 Å². The largest absolute Gasteiger partial charge is 0.394 e. The molecular formula is C14H27N5. The molecule has 1 aliphatic rings. The molecule has 1 aliphatic heterocycles. The maximum atomic E-state index is 6.29. The van der Waals surface area contributed by atoms with Crippen molar-refractivity contribution in [1.29, 1.82) is 0 Å². The zero-order chi connectivity index (χ0) is 14.0. The van der Waals surface area contributed by atoms with Gasteiger partial charge in [-0.25, -0.2) is 0 Å². The Bertz CT molecular complexity index is 418. The van der Waals surface area contributed by atoms with Gasteiger partial charge in [-0.15, -0.1) is 0 Å². The van der Waals surface area contributed by atoms with Crippen LogP contribution < -0.4 is 10.6 Å². The lowest BCUT2D eigenvalue weighted by Gasteiger charge is -2.36. The van der Waals surface area contributed by atoms with Crippen LogP contribution in [0.3, 0.4) is 0 Å². The number of likely N-dealkylation sites (tertiary alicyclic amines) is 1. The molecular weight excluding hydrogens is 238 g/mol. The van der Waals surface area contributed by atoms with E-state index in [0.29, 0.717) is 6.04 Å². The van der Waals surface area contributed by atoms with Crippen LogP contribution >= 0.6 is 0 Å². The molecule has 1 aromatic rings. The van der Waals surface area contributed by atoms with E-state index in [4.69, 9.17) is 5.73 Å². The van der Waals surface area contributed by atoms with Crippen LogP contribution in [-0.2, 0) is 13.5 Å². The van der Waals surface area contributed by atoms with Gasteiger partial charge in [0.2, 0.25) is 0 Å². The SMILES string of the molecule is CCCc1nn(C)c(N(C)C2CCN(C)CC2)c1N. The van der Waals surface area contributed by atoms with Crippen molar-refractivity contribution in [2.45, 2.75) is 38.6 Å². The maximum Gasteiger partial charge on any atom is 0.150 e. The molecule has 0 spiro atoms. The number of aryl methyl sites for hydroxylation is 2. The van der Waals surface area contributed by atoms with Crippen LogP contribution in [0.5, 0.6) is 0 Å². The zero-order valence-electron chi connectivity index (χ0n) is 12.7. The van der Waals surface area contributed by atoms with Gasteiger partial charge in [0.25, 0.3) is 0 Å². The summed E-state index contributed by atoms with van der Waals surface area (Å²) >= 11 is 0. The highest BCUT2D eigenvalue weighted by Crippen LogP contribution is 2.29. The summed E-state index contributed by atoms with van der Waals surface area (Å²) in [6.07, 6.45) is 4.43. The Morgan fingerprint density at radius 1 is 1.32 bits per heavy atom. The third kappa shape index (κ3) is 2.86. The first-order valence-electron chi connectivity index (χ1n) is 7.27. The predicted molar refractivity (Wildman–Crippen MR) is 80.5 cm³/mol. The van der Waals surface area contributed by atoms with Crippen LogP contribution in [0.1, 0.15) is 31.9 Å². The van der Waals surface area contributed by atoms with Crippen LogP contribution in [0.25, 0.3) is 0 Å². The fourth-order valence-corrected chi connectivity index (χ4v) is 2.98. The summed E-state index contributed by atoms with van der Waals surface area (Å²) < 4.78 is 1.94. The van der Waals surface area contributed by atoms with Crippen molar-refractivity contribution in [1.82, 2.24) is 14.7 Å². The quantitative estimate of drug-likeness (QED) is 0.896. The van der Waals surface area contributed by atoms with Crippen LogP contribution in [0.4, 0.5) is 11.5 Å². The van der Waals surface area contributed by atoms with E-state index in [9.17, 15) is 0 Å². The highest BCUT2D eigenvalue weighted by Gasteiger charge is 2.25. The summed E-state index contributed by atoms with van der Waals surface area (Å²) in [4.78, 5) is 4.72. The summed E-state index contributed by atoms with van der Waals surface area (Å²) in [5.41, 5.74) is 8.20. The van der Waals surface area contributed by atoms with Gasteiger partial charge in [-0.3, -0.25) is 4.68 Å². The third-order valence-corrected chi connectivity index (χ3v) is 4.19. The number of hydrogen-bond donors (Lipinski definition) is 1. The van der Waals surface area contributed by atoms with Crippen molar-refractivity contribution in [2.75, 3.05) is 37.8 Å². The van der Waals surface area contributed by atoms with Crippen LogP contribution in [-0.4, -0.2) is 47.9 Å². The number of piperidine rings is 1. The number of nitrogens with two attached hydrogens (primary N) is 1. The van der Waals surface area contributed by atoms with Crippen molar-refractivity contribution >= 4 is 11.5 Å². The van der Waals surface area contributed by atoms with Crippen LogP contribution in [0.15, 0.2) is 0 Å². The molecule has 0 saturated carbocycles. The van der Waals surface area contributed by atoms with E-state index in [-0.39, 0.29) is 0 Å². The molecule has 0 aliphatic carbocycles. The molecule has 0 atom stereocenters. The average Bonchev–Trinajstić information content (AvgIpc) is 2.65. The molecule has 19 heavy (non-hydrogen) atoms. The van der Waals surface area contributed by atoms with E-state index < -0.39 is 0 Å². The fraction of sp³-hybridized carbons (Fsp3) is 0.786. The second-order valence-electron chi connectivity index (χ2n) is 5.70. The second-order valence-corrected chi connectivity index (χ2v) is 5.70. The van der Waals surface area contributed by atoms with Crippen molar-refractivity contribution < 1.29 is 0 Å². The van der Waals surface area contributed by atoms with Crippen molar-refractivity contribution in [3.8, 4) is 0 Å². The molecule has 1 fully saturated rings. The van der Waals surface area contributed by atoms with Crippen LogP contribution in [0.2, 0.25) is 0 Å². The summed E-state index contributed by atoms with van der Waals surface area (Å²) in [7, 11) is 6.34. The molecule has 0 unspecified atom stereocenters. The molecule has 0 bridgehead atoms. The minimum absolute atomic E-state index is 0.573. The van der Waals surface area contributed by atoms with Gasteiger partial charge in [0.1, 0.15) is 5.82 Å². The number of nitrogens with zero attached hydrogens (tertiary/aromatic N) is 4. The van der Waals surface area contributed by atoms with Crippen LogP contribution in [0, 0.1) is 0 Å². The smallest absolute Gasteiger partial charge is 0.150 e. The van der Waals surface area contributed by atoms with Crippen molar-refractivity contribution in [3.05, 3.63) is 5.69 Å². The number of aromatic nitrogens is 2. The van der Waals surface area contributed by atoms with E-state index in [1.54, 1.807) is 0 Å². The Morgan fingerprint density at radius 2 is 1.95 bits per heavy atom. The first-order chi connectivity index (χ1) is 9.04. The standard InChI is InChI=1S/C14H27N5/c1-5-6-12-13(15)14(19(4)16-12)18(3)11-7-9-17(2)10-8-11/h11H,5-10,15H2,1-4H3. The van der Waals surface area contributed by atoms with Gasteiger partial charge < -0.3 is 15.5 Å². The number of hydrogen-bond acceptors (Lipinski definition) is 4. The van der Waals surface area contributed by atoms with Gasteiger partial charge in [-0.2, -0.15) is 5.10 Å². The Labute approximate surface area is 116 Å². The van der Waals surface area contributed by atoms with Gasteiger partial charge in [-0.05, 0) is 39.4 Å². The van der Waals surface area contributed by atoms with E-state index >= 15 is 0 Å². The van der Waals surface area contributed by atoms with Gasteiger partial charge >= 0.3 is 0 Å². The summed E-state index contributed by atoms with van der Waals surface area (Å²) in [5, 5.41) is 4.57. The van der Waals surface area contributed by atoms with Gasteiger partial charge in [0, 0.05) is 20.1 Å². The lowest BCUT2D eigenvalue weighted by atomic mass is 10.0. The lowest BCUT2D eigenvalue weighted by molar-refractivity contribution is 0.252. The molecule has 2 N–H and O–H groups in total. The van der Waals surface area contributed by atoms with Crippen molar-refractivity contribution in [3.63, 3.8) is 0 Å². The summed E-state index contributed by atoms with van der Waals surface area (Å²) in [5.74, 6) is 1.08. The predicted octanol–water partition coefficient (Wildman–Crippen LogP) is 1.49. The first kappa shape index (κ1) is 14.2. The van der Waals surface area contributed by atoms with Gasteiger partial charge in [0.15, 0.2) is 0 Å². The monoisotopic (exact) mass is 265 g/mol. The molecule has 108 valence electrons. The van der Waals surface area contributed by atoms with E-state index in [1.165, 1.54) is 12.8 Å². The Balaban J connectivity index is 2.16. The second kappa shape index (κ2) is 5.82. The molecule has 2 heterocycles. The molecule has 1 aromatic heterocycles. The minimum atomic E-state index is 0.573. The Morgan fingerprint density at radius 3 is 2.53 bits per heavy atom. The van der Waals surface area contributed by atoms with Gasteiger partial charge in [0.05, 0.1) is 11.4 Å². The maximum absolute atomic E-state index is 6.29. The summed E-state index contributed by atoms with van der Waals surface area (Å²) in [6.45, 7) is 4.48. The normalized spacial score (nSPS) is 17.9. The Hall–Kier alpha value is -1.23. The fourth-order valence-electron chi connectivity index (χ4n) is 2.98. The highest BCUT2D eigenvalue weighted by atomic mass is 15.4. The highest BCUT2D eigenvalue weighted by molar-refractivity contribution is 5.66. The number of nitrogen functional groups attached to an aromatic ring is 1. The Kier molecular flexibility index (Phi) is 4.34. The summed E-state index contributed by atoms with van der Waals surface area (Å²) in [6, 6.07) is 0.573. The molecule has 0 aromatic carbocycles. The van der Waals surface area contributed by atoms with E-state index in [1.807, 2.05) is 11.7 Å². The molecule has 0 amide bonds. The lowest BCUT2D eigenvalue weighted by Crippen LogP contribution is -2.42. The van der Waals surface area contributed by atoms with E-state index in [2.05, 4.69) is 35.9 Å². The minimum Gasteiger partial charge on any atom is -0.394 e. The first-order valence-corrected chi connectivity index (χ1v) is 7.27. The molecule has 5 nitrogen and oxygen atoms in total. The van der Waals surface area contributed by atoms with Gasteiger partial charge in [-0.1, -0.05) is 13.3 Å². The zero-order valence-corrected chi connectivity index (χ0v) is 12.7. The number of anilines is 2.